The second kappa shape index (κ2) is 7.10. The number of hydrogen-bond donors (Lipinski definition) is 3. The van der Waals surface area contributed by atoms with Gasteiger partial charge in [0, 0.05) is 19.6 Å². The molecule has 1 fully saturated rings. The van der Waals surface area contributed by atoms with Crippen molar-refractivity contribution >= 4 is 0 Å². The second-order valence-electron chi connectivity index (χ2n) is 5.88. The fraction of sp³-hybridized carbons (Fsp3) is 0.333. The maximum absolute atomic E-state index is 9.73. The Morgan fingerprint density at radius 3 is 2.00 bits per heavy atom. The van der Waals surface area contributed by atoms with Crippen LogP contribution in [0.5, 0.6) is 11.5 Å². The summed E-state index contributed by atoms with van der Waals surface area (Å²) in [6.45, 7) is 1.30. The van der Waals surface area contributed by atoms with Crippen molar-refractivity contribution in [2.24, 2.45) is 0 Å². The van der Waals surface area contributed by atoms with Crippen LogP contribution < -0.4 is 4.74 Å². The van der Waals surface area contributed by atoms with Crippen molar-refractivity contribution in [2.75, 3.05) is 13.1 Å². The van der Waals surface area contributed by atoms with Crippen molar-refractivity contribution in [3.8, 4) is 11.5 Å². The minimum atomic E-state index is -1.06. The van der Waals surface area contributed by atoms with E-state index in [2.05, 4.69) is 0 Å². The molecule has 0 aromatic heterocycles. The quantitative estimate of drug-likeness (QED) is 0.795. The smallest absolute Gasteiger partial charge is 0.127 e. The number of piperidine rings is 1. The summed E-state index contributed by atoms with van der Waals surface area (Å²) in [6.07, 6.45) is -2.90. The Kier molecular flexibility index (Phi) is 4.93. The minimum Gasteiger partial charge on any atom is -0.457 e. The Balaban J connectivity index is 1.59. The molecule has 23 heavy (non-hydrogen) atoms. The molecule has 0 radical (unpaired) electrons. The molecule has 3 atom stereocenters. The van der Waals surface area contributed by atoms with E-state index in [1.807, 2.05) is 59.5 Å². The highest BCUT2D eigenvalue weighted by molar-refractivity contribution is 5.32. The average Bonchev–Trinajstić information content (AvgIpc) is 2.55. The van der Waals surface area contributed by atoms with E-state index in [1.165, 1.54) is 0 Å². The monoisotopic (exact) mass is 315 g/mol. The summed E-state index contributed by atoms with van der Waals surface area (Å²) in [4.78, 5) is 1.93. The summed E-state index contributed by atoms with van der Waals surface area (Å²) in [7, 11) is 0. The van der Waals surface area contributed by atoms with Gasteiger partial charge in [0.25, 0.3) is 0 Å². The molecule has 5 heteroatoms. The number of nitrogens with zero attached hydrogens (tertiary/aromatic N) is 1. The van der Waals surface area contributed by atoms with Crippen molar-refractivity contribution in [1.82, 2.24) is 4.90 Å². The van der Waals surface area contributed by atoms with Crippen LogP contribution in [0.2, 0.25) is 0 Å². The summed E-state index contributed by atoms with van der Waals surface area (Å²) in [5, 5.41) is 29.0. The molecule has 0 saturated carbocycles. The first-order valence-electron chi connectivity index (χ1n) is 7.70. The van der Waals surface area contributed by atoms with E-state index in [0.29, 0.717) is 19.6 Å². The predicted molar refractivity (Wildman–Crippen MR) is 86.3 cm³/mol. The van der Waals surface area contributed by atoms with Crippen LogP contribution in [0.3, 0.4) is 0 Å². The number of hydrogen-bond acceptors (Lipinski definition) is 5. The maximum Gasteiger partial charge on any atom is 0.127 e. The number of rotatable bonds is 4. The highest BCUT2D eigenvalue weighted by Gasteiger charge is 2.33. The molecule has 1 heterocycles. The third-order valence-electron chi connectivity index (χ3n) is 3.99. The maximum atomic E-state index is 9.73. The van der Waals surface area contributed by atoms with E-state index in [4.69, 9.17) is 4.74 Å². The molecule has 1 unspecified atom stereocenters. The van der Waals surface area contributed by atoms with Crippen LogP contribution in [-0.4, -0.2) is 51.6 Å². The standard InChI is InChI=1S/C18H21NO4/c20-16-11-19(12-17(21)18(16)22)10-13-6-8-15(9-7-13)23-14-4-2-1-3-5-14/h1-9,16-18,20-22H,10-12H2/t16-,17+,18?. The summed E-state index contributed by atoms with van der Waals surface area (Å²) < 4.78 is 5.74. The number of aliphatic hydroxyl groups excluding tert-OH is 3. The SMILES string of the molecule is OC1[C@H](O)CN(Cc2ccc(Oc3ccccc3)cc2)C[C@@H]1O. The van der Waals surface area contributed by atoms with Gasteiger partial charge in [0.1, 0.15) is 17.6 Å². The third-order valence-corrected chi connectivity index (χ3v) is 3.99. The van der Waals surface area contributed by atoms with Gasteiger partial charge in [-0.25, -0.2) is 0 Å². The molecule has 3 N–H and O–H groups in total. The molecular formula is C18H21NO4. The normalized spacial score (nSPS) is 25.3. The molecule has 5 nitrogen and oxygen atoms in total. The highest BCUT2D eigenvalue weighted by Crippen LogP contribution is 2.22. The molecule has 3 rings (SSSR count). The molecule has 2 aromatic rings. The van der Waals surface area contributed by atoms with Gasteiger partial charge in [0.2, 0.25) is 0 Å². The topological polar surface area (TPSA) is 73.2 Å². The molecule has 122 valence electrons. The van der Waals surface area contributed by atoms with Gasteiger partial charge in [-0.3, -0.25) is 4.90 Å². The van der Waals surface area contributed by atoms with Gasteiger partial charge in [-0.1, -0.05) is 30.3 Å². The van der Waals surface area contributed by atoms with Crippen molar-refractivity contribution in [1.29, 1.82) is 0 Å². The predicted octanol–water partition coefficient (Wildman–Crippen LogP) is 1.38. The van der Waals surface area contributed by atoms with Crippen LogP contribution in [0.15, 0.2) is 54.6 Å². The Labute approximate surface area is 135 Å². The van der Waals surface area contributed by atoms with Gasteiger partial charge in [0.15, 0.2) is 0 Å². The molecule has 1 aliphatic rings. The zero-order valence-corrected chi connectivity index (χ0v) is 12.7. The number of para-hydroxylation sites is 1. The van der Waals surface area contributed by atoms with Crippen LogP contribution in [0.1, 0.15) is 5.56 Å². The first-order valence-corrected chi connectivity index (χ1v) is 7.70. The van der Waals surface area contributed by atoms with Crippen LogP contribution in [0.25, 0.3) is 0 Å². The highest BCUT2D eigenvalue weighted by atomic mass is 16.5. The van der Waals surface area contributed by atoms with Crippen molar-refractivity contribution in [3.63, 3.8) is 0 Å². The fourth-order valence-corrected chi connectivity index (χ4v) is 2.75. The number of benzene rings is 2. The lowest BCUT2D eigenvalue weighted by Gasteiger charge is -2.36. The van der Waals surface area contributed by atoms with Gasteiger partial charge in [-0.2, -0.15) is 0 Å². The van der Waals surface area contributed by atoms with E-state index in [1.54, 1.807) is 0 Å². The Bertz CT molecular complexity index is 605. The van der Waals surface area contributed by atoms with E-state index >= 15 is 0 Å². The summed E-state index contributed by atoms with van der Waals surface area (Å²) >= 11 is 0. The molecule has 1 aliphatic heterocycles. The first-order chi connectivity index (χ1) is 11.1. The first kappa shape index (κ1) is 16.0. The van der Waals surface area contributed by atoms with Gasteiger partial charge in [-0.05, 0) is 29.8 Å². The fourth-order valence-electron chi connectivity index (χ4n) is 2.75. The van der Waals surface area contributed by atoms with Gasteiger partial charge in [-0.15, -0.1) is 0 Å². The number of aliphatic hydroxyl groups is 3. The van der Waals surface area contributed by atoms with Gasteiger partial charge in [0.05, 0.1) is 12.2 Å². The van der Waals surface area contributed by atoms with Gasteiger partial charge < -0.3 is 20.1 Å². The van der Waals surface area contributed by atoms with E-state index in [-0.39, 0.29) is 0 Å². The molecule has 0 spiro atoms. The molecule has 1 saturated heterocycles. The second-order valence-corrected chi connectivity index (χ2v) is 5.88. The van der Waals surface area contributed by atoms with E-state index in [9.17, 15) is 15.3 Å². The number of β-amino-alcohol motifs (C(OH)–C–C–N with tert-alkyl or cyclic N) is 2. The number of ether oxygens (including phenoxy) is 1. The zero-order chi connectivity index (χ0) is 16.2. The Hall–Kier alpha value is -1.92. The third kappa shape index (κ3) is 4.09. The zero-order valence-electron chi connectivity index (χ0n) is 12.7. The Morgan fingerprint density at radius 2 is 1.39 bits per heavy atom. The summed E-state index contributed by atoms with van der Waals surface area (Å²) in [5.41, 5.74) is 1.06. The van der Waals surface area contributed by atoms with Crippen LogP contribution in [0.4, 0.5) is 0 Å². The van der Waals surface area contributed by atoms with Crippen LogP contribution in [0, 0.1) is 0 Å². The lowest BCUT2D eigenvalue weighted by atomic mass is 10.0. The van der Waals surface area contributed by atoms with Gasteiger partial charge >= 0.3 is 0 Å². The van der Waals surface area contributed by atoms with Crippen molar-refractivity contribution in [2.45, 2.75) is 24.9 Å². The van der Waals surface area contributed by atoms with E-state index < -0.39 is 18.3 Å². The summed E-state index contributed by atoms with van der Waals surface area (Å²) in [5.74, 6) is 1.55. The van der Waals surface area contributed by atoms with Crippen molar-refractivity contribution < 1.29 is 20.1 Å². The average molecular weight is 315 g/mol. The molecule has 0 amide bonds. The minimum absolute atomic E-state index is 0.348. The van der Waals surface area contributed by atoms with Crippen LogP contribution >= 0.6 is 0 Å². The molecule has 2 aromatic carbocycles. The van der Waals surface area contributed by atoms with Crippen molar-refractivity contribution in [3.05, 3.63) is 60.2 Å². The molecular weight excluding hydrogens is 294 g/mol. The largest absolute Gasteiger partial charge is 0.457 e. The lowest BCUT2D eigenvalue weighted by Crippen LogP contribution is -2.54. The lowest BCUT2D eigenvalue weighted by molar-refractivity contribution is -0.111. The van der Waals surface area contributed by atoms with E-state index in [0.717, 1.165) is 17.1 Å². The summed E-state index contributed by atoms with van der Waals surface area (Å²) in [6, 6.07) is 17.3. The number of likely N-dealkylation sites (tertiary alicyclic amines) is 1. The molecule has 0 bridgehead atoms. The Morgan fingerprint density at radius 1 is 0.826 bits per heavy atom. The molecule has 0 aliphatic carbocycles. The van der Waals surface area contributed by atoms with Crippen LogP contribution in [-0.2, 0) is 6.54 Å².